The third-order valence-corrected chi connectivity index (χ3v) is 2.87. The number of nitrogens with one attached hydrogen (secondary N) is 2. The van der Waals surface area contributed by atoms with Crippen LogP contribution in [0.1, 0.15) is 27.4 Å². The van der Waals surface area contributed by atoms with E-state index in [0.717, 1.165) is 11.3 Å². The van der Waals surface area contributed by atoms with Gasteiger partial charge in [0.2, 0.25) is 0 Å². The highest BCUT2D eigenvalue weighted by Crippen LogP contribution is 2.06. The van der Waals surface area contributed by atoms with Crippen molar-refractivity contribution < 1.29 is 19.1 Å². The van der Waals surface area contributed by atoms with Crippen molar-refractivity contribution in [2.45, 2.75) is 20.0 Å². The number of urea groups is 1. The number of aromatic carboxylic acids is 1. The minimum Gasteiger partial charge on any atom is -0.478 e. The zero-order chi connectivity index (χ0) is 15.2. The Labute approximate surface area is 121 Å². The Morgan fingerprint density at radius 3 is 2.29 bits per heavy atom. The minimum absolute atomic E-state index is 0.219. The topological polar surface area (TPSA) is 91.6 Å². The lowest BCUT2D eigenvalue weighted by atomic mass is 10.1. The van der Waals surface area contributed by atoms with E-state index >= 15 is 0 Å². The lowest BCUT2D eigenvalue weighted by Gasteiger charge is -2.07. The lowest BCUT2D eigenvalue weighted by Crippen LogP contribution is -2.34. The van der Waals surface area contributed by atoms with Crippen LogP contribution in [0.25, 0.3) is 0 Å². The van der Waals surface area contributed by atoms with E-state index in [4.69, 9.17) is 9.52 Å². The van der Waals surface area contributed by atoms with E-state index in [1.807, 2.05) is 13.0 Å². The van der Waals surface area contributed by atoms with Crippen LogP contribution in [0, 0.1) is 6.92 Å². The van der Waals surface area contributed by atoms with Crippen molar-refractivity contribution in [2.75, 3.05) is 0 Å². The molecule has 0 aliphatic rings. The first-order chi connectivity index (χ1) is 10.0. The molecule has 110 valence electrons. The van der Waals surface area contributed by atoms with Crippen molar-refractivity contribution in [3.05, 3.63) is 59.0 Å². The zero-order valence-electron chi connectivity index (χ0n) is 11.6. The van der Waals surface area contributed by atoms with Gasteiger partial charge in [0.25, 0.3) is 0 Å². The molecule has 0 unspecified atom stereocenters. The van der Waals surface area contributed by atoms with E-state index in [1.165, 1.54) is 12.1 Å². The molecule has 2 aromatic rings. The van der Waals surface area contributed by atoms with Gasteiger partial charge in [0.1, 0.15) is 11.5 Å². The van der Waals surface area contributed by atoms with Gasteiger partial charge in [0.15, 0.2) is 0 Å². The number of hydrogen-bond acceptors (Lipinski definition) is 3. The fourth-order valence-corrected chi connectivity index (χ4v) is 1.76. The number of amides is 2. The Balaban J connectivity index is 1.77. The van der Waals surface area contributed by atoms with Gasteiger partial charge in [-0.25, -0.2) is 9.59 Å². The van der Waals surface area contributed by atoms with Crippen molar-refractivity contribution in [1.29, 1.82) is 0 Å². The highest BCUT2D eigenvalue weighted by molar-refractivity contribution is 5.87. The van der Waals surface area contributed by atoms with Crippen molar-refractivity contribution in [1.82, 2.24) is 10.6 Å². The summed E-state index contributed by atoms with van der Waals surface area (Å²) < 4.78 is 5.33. The molecule has 2 amide bonds. The van der Waals surface area contributed by atoms with Crippen molar-refractivity contribution in [3.63, 3.8) is 0 Å². The van der Waals surface area contributed by atoms with E-state index in [-0.39, 0.29) is 11.6 Å². The molecule has 0 atom stereocenters. The first kappa shape index (κ1) is 14.6. The molecular weight excluding hydrogens is 272 g/mol. The molecule has 0 fully saturated rings. The van der Waals surface area contributed by atoms with Crippen LogP contribution < -0.4 is 10.6 Å². The summed E-state index contributed by atoms with van der Waals surface area (Å²) in [6, 6.07) is 9.66. The summed E-state index contributed by atoms with van der Waals surface area (Å²) >= 11 is 0. The van der Waals surface area contributed by atoms with E-state index in [2.05, 4.69) is 10.6 Å². The maximum Gasteiger partial charge on any atom is 0.335 e. The second-order valence-corrected chi connectivity index (χ2v) is 4.55. The fourth-order valence-electron chi connectivity index (χ4n) is 1.76. The largest absolute Gasteiger partial charge is 0.478 e. The summed E-state index contributed by atoms with van der Waals surface area (Å²) in [7, 11) is 0. The minimum atomic E-state index is -0.971. The molecule has 0 saturated carbocycles. The van der Waals surface area contributed by atoms with Gasteiger partial charge >= 0.3 is 12.0 Å². The SMILES string of the molecule is Cc1ccc(CNC(=O)NCc2ccc(C(=O)O)cc2)o1. The zero-order valence-corrected chi connectivity index (χ0v) is 11.6. The predicted octanol–water partition coefficient (Wildman–Crippen LogP) is 2.29. The number of benzene rings is 1. The second-order valence-electron chi connectivity index (χ2n) is 4.55. The van der Waals surface area contributed by atoms with Crippen molar-refractivity contribution in [3.8, 4) is 0 Å². The van der Waals surface area contributed by atoms with Gasteiger partial charge < -0.3 is 20.2 Å². The highest BCUT2D eigenvalue weighted by atomic mass is 16.4. The summed E-state index contributed by atoms with van der Waals surface area (Å²) in [5.41, 5.74) is 1.04. The molecule has 0 saturated heterocycles. The molecule has 1 aromatic carbocycles. The lowest BCUT2D eigenvalue weighted by molar-refractivity contribution is 0.0697. The van der Waals surface area contributed by atoms with Crippen LogP contribution in [0.3, 0.4) is 0 Å². The Kier molecular flexibility index (Phi) is 4.61. The van der Waals surface area contributed by atoms with Crippen LogP contribution in [-0.2, 0) is 13.1 Å². The number of carboxylic acids is 1. The summed E-state index contributed by atoms with van der Waals surface area (Å²) in [5.74, 6) is 0.514. The van der Waals surface area contributed by atoms with Gasteiger partial charge in [-0.15, -0.1) is 0 Å². The van der Waals surface area contributed by atoms with Crippen LogP contribution in [0.2, 0.25) is 0 Å². The van der Waals surface area contributed by atoms with Crippen LogP contribution >= 0.6 is 0 Å². The Morgan fingerprint density at radius 2 is 1.71 bits per heavy atom. The molecule has 0 bridgehead atoms. The summed E-state index contributed by atoms with van der Waals surface area (Å²) in [4.78, 5) is 22.3. The first-order valence-corrected chi connectivity index (χ1v) is 6.44. The molecule has 3 N–H and O–H groups in total. The number of carboxylic acid groups (broad SMARTS) is 1. The van der Waals surface area contributed by atoms with Crippen LogP contribution in [0.5, 0.6) is 0 Å². The number of hydrogen-bond donors (Lipinski definition) is 3. The normalized spacial score (nSPS) is 10.1. The van der Waals surface area contributed by atoms with Gasteiger partial charge in [-0.3, -0.25) is 0 Å². The summed E-state index contributed by atoms with van der Waals surface area (Å²) in [6.45, 7) is 2.48. The highest BCUT2D eigenvalue weighted by Gasteiger charge is 2.04. The second kappa shape index (κ2) is 6.60. The molecule has 0 aliphatic carbocycles. The quantitative estimate of drug-likeness (QED) is 0.787. The average Bonchev–Trinajstić information content (AvgIpc) is 2.89. The van der Waals surface area contributed by atoms with E-state index in [1.54, 1.807) is 18.2 Å². The van der Waals surface area contributed by atoms with Gasteiger partial charge in [-0.05, 0) is 36.8 Å². The third kappa shape index (κ3) is 4.38. The van der Waals surface area contributed by atoms with Gasteiger partial charge in [-0.1, -0.05) is 12.1 Å². The Morgan fingerprint density at radius 1 is 1.05 bits per heavy atom. The number of carbonyl (C=O) groups excluding carboxylic acids is 1. The molecule has 0 radical (unpaired) electrons. The number of aryl methyl sites for hydroxylation is 1. The molecule has 6 nitrogen and oxygen atoms in total. The molecule has 0 aliphatic heterocycles. The molecule has 21 heavy (non-hydrogen) atoms. The summed E-state index contributed by atoms with van der Waals surface area (Å²) in [5, 5.41) is 14.1. The molecule has 1 aromatic heterocycles. The molecule has 2 rings (SSSR count). The Bertz CT molecular complexity index is 631. The molecule has 0 spiro atoms. The average molecular weight is 288 g/mol. The maximum absolute atomic E-state index is 11.6. The van der Waals surface area contributed by atoms with E-state index < -0.39 is 5.97 Å². The standard InChI is InChI=1S/C15H16N2O4/c1-10-2-7-13(21-10)9-17-15(20)16-8-11-3-5-12(6-4-11)14(18)19/h2-7H,8-9H2,1H3,(H,18,19)(H2,16,17,20). The monoisotopic (exact) mass is 288 g/mol. The van der Waals surface area contributed by atoms with E-state index in [9.17, 15) is 9.59 Å². The molecule has 1 heterocycles. The molecule has 6 heteroatoms. The van der Waals surface area contributed by atoms with Gasteiger partial charge in [0.05, 0.1) is 12.1 Å². The third-order valence-electron chi connectivity index (χ3n) is 2.87. The van der Waals surface area contributed by atoms with Crippen LogP contribution in [0.15, 0.2) is 40.8 Å². The first-order valence-electron chi connectivity index (χ1n) is 6.44. The maximum atomic E-state index is 11.6. The van der Waals surface area contributed by atoms with Crippen LogP contribution in [-0.4, -0.2) is 17.1 Å². The van der Waals surface area contributed by atoms with Crippen molar-refractivity contribution >= 4 is 12.0 Å². The molecular formula is C15H16N2O4. The van der Waals surface area contributed by atoms with E-state index in [0.29, 0.717) is 18.8 Å². The van der Waals surface area contributed by atoms with Crippen LogP contribution in [0.4, 0.5) is 4.79 Å². The summed E-state index contributed by atoms with van der Waals surface area (Å²) in [6.07, 6.45) is 0. The Hall–Kier alpha value is -2.76. The van der Waals surface area contributed by atoms with Crippen molar-refractivity contribution in [2.24, 2.45) is 0 Å². The van der Waals surface area contributed by atoms with Gasteiger partial charge in [0, 0.05) is 6.54 Å². The fraction of sp³-hybridized carbons (Fsp3) is 0.200. The smallest absolute Gasteiger partial charge is 0.335 e. The number of carbonyl (C=O) groups is 2. The number of furan rings is 1. The predicted molar refractivity (Wildman–Crippen MR) is 75.9 cm³/mol. The number of rotatable bonds is 5. The van der Waals surface area contributed by atoms with Gasteiger partial charge in [-0.2, -0.15) is 0 Å².